The summed E-state index contributed by atoms with van der Waals surface area (Å²) in [6, 6.07) is 9.67. The smallest absolute Gasteiger partial charge is 0.257 e. The fourth-order valence-corrected chi connectivity index (χ4v) is 2.90. The predicted molar refractivity (Wildman–Crippen MR) is 89.2 cm³/mol. The highest BCUT2D eigenvalue weighted by atomic mass is 16.5. The van der Waals surface area contributed by atoms with E-state index in [2.05, 4.69) is 16.8 Å². The molecule has 1 aromatic carbocycles. The number of aliphatic hydroxyl groups excluding tert-OH is 1. The zero-order chi connectivity index (χ0) is 16.4. The summed E-state index contributed by atoms with van der Waals surface area (Å²) in [5, 5.41) is 11.7. The Hall–Kier alpha value is -2.27. The molecule has 0 bridgehead atoms. The van der Waals surface area contributed by atoms with Crippen molar-refractivity contribution in [2.45, 2.75) is 32.7 Å². The van der Waals surface area contributed by atoms with Crippen molar-refractivity contribution in [2.75, 3.05) is 18.5 Å². The largest absolute Gasteiger partial charge is 0.491 e. The number of benzene rings is 1. The Labute approximate surface area is 135 Å². The third kappa shape index (κ3) is 3.40. The van der Waals surface area contributed by atoms with E-state index in [4.69, 9.17) is 9.84 Å². The Morgan fingerprint density at radius 1 is 1.30 bits per heavy atom. The molecule has 1 aromatic heterocycles. The van der Waals surface area contributed by atoms with E-state index in [-0.39, 0.29) is 19.1 Å². The molecule has 0 atom stereocenters. The third-order valence-electron chi connectivity index (χ3n) is 4.11. The van der Waals surface area contributed by atoms with Crippen molar-refractivity contribution in [3.8, 4) is 5.75 Å². The van der Waals surface area contributed by atoms with Gasteiger partial charge in [-0.05, 0) is 57.0 Å². The van der Waals surface area contributed by atoms with Gasteiger partial charge in [-0.15, -0.1) is 0 Å². The van der Waals surface area contributed by atoms with Crippen LogP contribution < -0.4 is 10.1 Å². The molecule has 5 nitrogen and oxygen atoms in total. The van der Waals surface area contributed by atoms with Crippen molar-refractivity contribution >= 4 is 11.6 Å². The molecule has 1 aliphatic carbocycles. The molecule has 0 spiro atoms. The van der Waals surface area contributed by atoms with Crippen LogP contribution in [0.15, 0.2) is 30.3 Å². The number of hydrogen-bond donors (Lipinski definition) is 2. The average Bonchev–Trinajstić information content (AvgIpc) is 3.32. The molecule has 1 heterocycles. The fraction of sp³-hybridized carbons (Fsp3) is 0.389. The minimum atomic E-state index is -0.0889. The molecule has 1 fully saturated rings. The van der Waals surface area contributed by atoms with Crippen LogP contribution >= 0.6 is 0 Å². The van der Waals surface area contributed by atoms with E-state index in [9.17, 15) is 4.79 Å². The first-order valence-corrected chi connectivity index (χ1v) is 7.93. The Balaban J connectivity index is 1.70. The number of nitrogens with one attached hydrogen (secondary N) is 1. The Kier molecular flexibility index (Phi) is 4.39. The van der Waals surface area contributed by atoms with Crippen LogP contribution in [0.1, 0.15) is 40.6 Å². The van der Waals surface area contributed by atoms with Crippen LogP contribution in [0.4, 0.5) is 5.69 Å². The lowest BCUT2D eigenvalue weighted by Gasteiger charge is -2.09. The molecule has 2 aromatic rings. The van der Waals surface area contributed by atoms with Gasteiger partial charge in [0.2, 0.25) is 0 Å². The predicted octanol–water partition coefficient (Wildman–Crippen LogP) is 3.06. The van der Waals surface area contributed by atoms with Gasteiger partial charge in [-0.3, -0.25) is 4.79 Å². The van der Waals surface area contributed by atoms with Gasteiger partial charge in [0.15, 0.2) is 0 Å². The number of aromatic nitrogens is 1. The highest BCUT2D eigenvalue weighted by molar-refractivity contribution is 6.05. The van der Waals surface area contributed by atoms with E-state index in [1.165, 1.54) is 12.8 Å². The maximum Gasteiger partial charge on any atom is 0.257 e. The van der Waals surface area contributed by atoms with Gasteiger partial charge >= 0.3 is 0 Å². The first kappa shape index (κ1) is 15.6. The van der Waals surface area contributed by atoms with Gasteiger partial charge in [0, 0.05) is 23.1 Å². The van der Waals surface area contributed by atoms with Crippen LogP contribution in [0.2, 0.25) is 0 Å². The second-order valence-electron chi connectivity index (χ2n) is 5.94. The molecule has 3 rings (SSSR count). The third-order valence-corrected chi connectivity index (χ3v) is 4.11. The number of aliphatic hydroxyl groups is 1. The zero-order valence-electron chi connectivity index (χ0n) is 13.5. The summed E-state index contributed by atoms with van der Waals surface area (Å²) in [6.07, 6.45) is 2.40. The average molecular weight is 314 g/mol. The summed E-state index contributed by atoms with van der Waals surface area (Å²) in [5.74, 6) is 0.581. The molecule has 0 aliphatic heterocycles. The number of amides is 1. The van der Waals surface area contributed by atoms with Crippen LogP contribution in [0.5, 0.6) is 5.75 Å². The zero-order valence-corrected chi connectivity index (χ0v) is 13.5. The second kappa shape index (κ2) is 6.46. The topological polar surface area (TPSA) is 63.5 Å². The van der Waals surface area contributed by atoms with E-state index < -0.39 is 0 Å². The molecule has 0 saturated heterocycles. The van der Waals surface area contributed by atoms with Crippen LogP contribution in [-0.4, -0.2) is 28.8 Å². The molecule has 0 radical (unpaired) electrons. The van der Waals surface area contributed by atoms with Gasteiger partial charge in [0.1, 0.15) is 12.4 Å². The first-order chi connectivity index (χ1) is 11.1. The van der Waals surface area contributed by atoms with Gasteiger partial charge in [-0.25, -0.2) is 0 Å². The number of carbonyl (C=O) groups is 1. The SMILES string of the molecule is Cc1cc(C(=O)Nc2ccc(OCCO)cc2)c(C)n1C1CC1. The molecule has 23 heavy (non-hydrogen) atoms. The molecule has 122 valence electrons. The van der Waals surface area contributed by atoms with Gasteiger partial charge in [0.05, 0.1) is 12.2 Å². The maximum atomic E-state index is 12.5. The normalized spacial score (nSPS) is 13.9. The van der Waals surface area contributed by atoms with Crippen molar-refractivity contribution in [3.05, 3.63) is 47.3 Å². The summed E-state index contributed by atoms with van der Waals surface area (Å²) >= 11 is 0. The number of carbonyl (C=O) groups excluding carboxylic acids is 1. The van der Waals surface area contributed by atoms with Gasteiger partial charge in [-0.2, -0.15) is 0 Å². The highest BCUT2D eigenvalue weighted by Gasteiger charge is 2.28. The number of ether oxygens (including phenoxy) is 1. The molecule has 1 saturated carbocycles. The minimum Gasteiger partial charge on any atom is -0.491 e. The first-order valence-electron chi connectivity index (χ1n) is 7.93. The summed E-state index contributed by atoms with van der Waals surface area (Å²) in [5.41, 5.74) is 3.63. The summed E-state index contributed by atoms with van der Waals surface area (Å²) in [4.78, 5) is 12.5. The number of nitrogens with zero attached hydrogens (tertiary/aromatic N) is 1. The molecule has 2 N–H and O–H groups in total. The molecular weight excluding hydrogens is 292 g/mol. The summed E-state index contributed by atoms with van der Waals surface area (Å²) < 4.78 is 7.57. The van der Waals surface area contributed by atoms with Crippen molar-refractivity contribution in [2.24, 2.45) is 0 Å². The van der Waals surface area contributed by atoms with Crippen LogP contribution in [0.25, 0.3) is 0 Å². The highest BCUT2D eigenvalue weighted by Crippen LogP contribution is 2.38. The fourth-order valence-electron chi connectivity index (χ4n) is 2.90. The maximum absolute atomic E-state index is 12.5. The van der Waals surface area contributed by atoms with Crippen LogP contribution in [0.3, 0.4) is 0 Å². The quantitative estimate of drug-likeness (QED) is 0.861. The minimum absolute atomic E-state index is 0.0188. The summed E-state index contributed by atoms with van der Waals surface area (Å²) in [6.45, 7) is 4.30. The molecule has 0 unspecified atom stereocenters. The second-order valence-corrected chi connectivity index (χ2v) is 5.94. The molecule has 1 amide bonds. The number of rotatable bonds is 6. The van der Waals surface area contributed by atoms with Crippen LogP contribution in [0, 0.1) is 13.8 Å². The van der Waals surface area contributed by atoms with E-state index >= 15 is 0 Å². The van der Waals surface area contributed by atoms with E-state index in [0.29, 0.717) is 11.8 Å². The number of anilines is 1. The lowest BCUT2D eigenvalue weighted by molar-refractivity contribution is 0.102. The van der Waals surface area contributed by atoms with E-state index in [1.807, 2.05) is 13.0 Å². The summed E-state index contributed by atoms with van der Waals surface area (Å²) in [7, 11) is 0. The van der Waals surface area contributed by atoms with Gasteiger partial charge < -0.3 is 19.7 Å². The monoisotopic (exact) mass is 314 g/mol. The molecular formula is C18H22N2O3. The Morgan fingerprint density at radius 2 is 2.00 bits per heavy atom. The lowest BCUT2D eigenvalue weighted by atomic mass is 10.2. The van der Waals surface area contributed by atoms with Crippen molar-refractivity contribution in [1.29, 1.82) is 0 Å². The van der Waals surface area contributed by atoms with E-state index in [1.54, 1.807) is 24.3 Å². The lowest BCUT2D eigenvalue weighted by Crippen LogP contribution is -2.13. The van der Waals surface area contributed by atoms with Crippen molar-refractivity contribution in [3.63, 3.8) is 0 Å². The van der Waals surface area contributed by atoms with Crippen LogP contribution in [-0.2, 0) is 0 Å². The Morgan fingerprint density at radius 3 is 2.61 bits per heavy atom. The van der Waals surface area contributed by atoms with Crippen molar-refractivity contribution < 1.29 is 14.6 Å². The van der Waals surface area contributed by atoms with Crippen molar-refractivity contribution in [1.82, 2.24) is 4.57 Å². The molecule has 5 heteroatoms. The Bertz CT molecular complexity index is 700. The van der Waals surface area contributed by atoms with E-state index in [0.717, 1.165) is 22.6 Å². The number of hydrogen-bond acceptors (Lipinski definition) is 3. The van der Waals surface area contributed by atoms with Gasteiger partial charge in [-0.1, -0.05) is 0 Å². The molecule has 1 aliphatic rings. The van der Waals surface area contributed by atoms with Gasteiger partial charge in [0.25, 0.3) is 5.91 Å². The number of aryl methyl sites for hydroxylation is 1. The standard InChI is InChI=1S/C18H22N2O3/c1-12-11-17(13(2)20(12)15-5-6-15)18(22)19-14-3-7-16(8-4-14)23-10-9-21/h3-4,7-8,11,15,21H,5-6,9-10H2,1-2H3,(H,19,22).